The van der Waals surface area contributed by atoms with Crippen LogP contribution in [0, 0.1) is 11.8 Å². The molecule has 0 amide bonds. The fraction of sp³-hybridized carbons (Fsp3) is 0.218. The molecule has 60 heavy (non-hydrogen) atoms. The number of benzene rings is 2. The van der Waals surface area contributed by atoms with Crippen molar-refractivity contribution in [1.29, 1.82) is 0 Å². The molecule has 0 saturated heterocycles. The second-order valence-corrected chi connectivity index (χ2v) is 17.8. The number of nitrogens with zero attached hydrogens (tertiary/aromatic N) is 3. The minimum atomic E-state index is -0.369. The Labute approximate surface area is 358 Å². The third-order valence-corrected chi connectivity index (χ3v) is 14.3. The van der Waals surface area contributed by atoms with Gasteiger partial charge in [0, 0.05) is 34.3 Å². The summed E-state index contributed by atoms with van der Waals surface area (Å²) in [6, 6.07) is 20.3. The molecule has 2 aliphatic heterocycles. The number of pyridine rings is 1. The van der Waals surface area contributed by atoms with E-state index in [-0.39, 0.29) is 28.7 Å². The van der Waals surface area contributed by atoms with Crippen LogP contribution in [0.3, 0.4) is 0 Å². The Morgan fingerprint density at radius 1 is 0.683 bits per heavy atom. The van der Waals surface area contributed by atoms with Crippen LogP contribution in [0.4, 0.5) is 0 Å². The molecule has 4 nitrogen and oxygen atoms in total. The van der Waals surface area contributed by atoms with E-state index in [1.54, 1.807) is 0 Å². The van der Waals surface area contributed by atoms with E-state index in [2.05, 4.69) is 175 Å². The number of fused-ring (bicyclic) bond motifs is 8. The maximum absolute atomic E-state index is 5.35. The van der Waals surface area contributed by atoms with Crippen LogP contribution in [0.25, 0.3) is 22.8 Å². The summed E-state index contributed by atoms with van der Waals surface area (Å²) in [6.07, 6.45) is 50.7. The Morgan fingerprint density at radius 3 is 2.32 bits per heavy atom. The summed E-state index contributed by atoms with van der Waals surface area (Å²) >= 11 is 1.93. The molecule has 2 aromatic carbocycles. The number of rotatable bonds is 5. The maximum Gasteiger partial charge on any atom is 0.169 e. The van der Waals surface area contributed by atoms with Crippen molar-refractivity contribution in [3.63, 3.8) is 0 Å². The van der Waals surface area contributed by atoms with E-state index in [1.165, 1.54) is 50.1 Å². The fourth-order valence-corrected chi connectivity index (χ4v) is 11.4. The molecule has 1 spiro atoms. The Kier molecular flexibility index (Phi) is 9.78. The zero-order valence-electron chi connectivity index (χ0n) is 33.8. The predicted molar refractivity (Wildman–Crippen MR) is 253 cm³/mol. The van der Waals surface area contributed by atoms with Gasteiger partial charge in [-0.25, -0.2) is 9.98 Å². The molecule has 3 heterocycles. The number of hydrogen-bond donors (Lipinski definition) is 1. The van der Waals surface area contributed by atoms with Crippen LogP contribution in [-0.2, 0) is 11.8 Å². The number of allylic oxidation sites excluding steroid dienone is 16. The molecule has 0 fully saturated rings. The molecule has 8 aliphatic rings. The first-order chi connectivity index (χ1) is 29.7. The molecule has 294 valence electrons. The second kappa shape index (κ2) is 15.9. The van der Waals surface area contributed by atoms with E-state index in [9.17, 15) is 0 Å². The molecule has 1 N–H and O–H groups in total. The van der Waals surface area contributed by atoms with Crippen LogP contribution in [-0.4, -0.2) is 28.1 Å². The van der Waals surface area contributed by atoms with Gasteiger partial charge in [0.1, 0.15) is 11.7 Å². The van der Waals surface area contributed by atoms with Gasteiger partial charge >= 0.3 is 0 Å². The summed E-state index contributed by atoms with van der Waals surface area (Å²) in [6.45, 7) is 0. The predicted octanol–water partition coefficient (Wildman–Crippen LogP) is 12.5. The first kappa shape index (κ1) is 37.0. The molecule has 6 aliphatic carbocycles. The van der Waals surface area contributed by atoms with Gasteiger partial charge in [-0.1, -0.05) is 158 Å². The Bertz CT molecular complexity index is 2670. The lowest BCUT2D eigenvalue weighted by Crippen LogP contribution is -2.41. The van der Waals surface area contributed by atoms with Crippen LogP contribution in [0.1, 0.15) is 66.5 Å². The SMILES string of the molecule is C1=CCCC(C2=NC(C3=CC4S/C=C/C(C5C=CC(c6nccc7c6CCC=C7)=CC5)=C\C=C\C5(c6ccccc6-c6ccccc65)C4C=C3)N=C(C3=CCCC=C3)N2)=C1. The zero-order valence-corrected chi connectivity index (χ0v) is 34.6. The number of nitrogens with one attached hydrogen (secondary N) is 1. The minimum Gasteiger partial charge on any atom is -0.325 e. The highest BCUT2D eigenvalue weighted by Gasteiger charge is 2.49. The quantitative estimate of drug-likeness (QED) is 0.280. The van der Waals surface area contributed by atoms with E-state index in [4.69, 9.17) is 15.0 Å². The largest absolute Gasteiger partial charge is 0.325 e. The molecule has 0 saturated carbocycles. The molecule has 5 heteroatoms. The van der Waals surface area contributed by atoms with Crippen molar-refractivity contribution in [3.05, 3.63) is 220 Å². The lowest BCUT2D eigenvalue weighted by atomic mass is 9.65. The van der Waals surface area contributed by atoms with E-state index in [0.29, 0.717) is 0 Å². The highest BCUT2D eigenvalue weighted by atomic mass is 32.2. The van der Waals surface area contributed by atoms with Crippen LogP contribution in [0.5, 0.6) is 0 Å². The van der Waals surface area contributed by atoms with Crippen molar-refractivity contribution >= 4 is 35.1 Å². The molecular formula is C55H48N4S. The smallest absolute Gasteiger partial charge is 0.169 e. The van der Waals surface area contributed by atoms with Crippen LogP contribution < -0.4 is 5.32 Å². The van der Waals surface area contributed by atoms with Gasteiger partial charge in [0.2, 0.25) is 0 Å². The third kappa shape index (κ3) is 6.60. The standard InChI is InChI=1S/C55H48N4S/c1-3-15-41(16-4-1)52-57-53(42-17-5-2-6-18-42)59-54(58-52)43-29-30-49-50(36-43)60-35-32-37(38-25-27-40(28-26-38)51-44-20-8-7-14-39(44)31-34-56-51)19-13-33-55(49)47-23-11-9-21-45(47)46-22-10-12-24-48(46)55/h1,3,5,7,9-15,17-19,21-25,27-36,38,49-50,54H,2,4,6,8,16,20,26H2,(H,57,58,59)/b33-13+,35-32+,37-19+. The highest BCUT2D eigenvalue weighted by Crippen LogP contribution is 2.57. The summed E-state index contributed by atoms with van der Waals surface area (Å²) in [7, 11) is 0. The summed E-state index contributed by atoms with van der Waals surface area (Å²) in [5.74, 6) is 2.27. The Balaban J connectivity index is 0.986. The van der Waals surface area contributed by atoms with Crippen molar-refractivity contribution in [1.82, 2.24) is 10.3 Å². The first-order valence-corrected chi connectivity index (χ1v) is 22.7. The average Bonchev–Trinajstić information content (AvgIpc) is 3.61. The van der Waals surface area contributed by atoms with Gasteiger partial charge in [-0.15, -0.1) is 11.8 Å². The van der Waals surface area contributed by atoms with Gasteiger partial charge in [-0.3, -0.25) is 4.98 Å². The zero-order chi connectivity index (χ0) is 39.9. The van der Waals surface area contributed by atoms with Gasteiger partial charge in [-0.2, -0.15) is 0 Å². The number of amidine groups is 2. The molecule has 0 bridgehead atoms. The monoisotopic (exact) mass is 796 g/mol. The minimum absolute atomic E-state index is 0.125. The molecule has 4 atom stereocenters. The van der Waals surface area contributed by atoms with Gasteiger partial charge in [0.05, 0.1) is 5.69 Å². The van der Waals surface area contributed by atoms with Gasteiger partial charge in [-0.05, 0) is 112 Å². The number of aliphatic imine (C=N–C) groups is 2. The Morgan fingerprint density at radius 2 is 1.52 bits per heavy atom. The van der Waals surface area contributed by atoms with Crippen LogP contribution >= 0.6 is 11.8 Å². The lowest BCUT2D eigenvalue weighted by molar-refractivity contribution is 0.478. The van der Waals surface area contributed by atoms with Crippen LogP contribution in [0.15, 0.2) is 202 Å². The average molecular weight is 797 g/mol. The van der Waals surface area contributed by atoms with Crippen molar-refractivity contribution in [3.8, 4) is 11.1 Å². The second-order valence-electron chi connectivity index (χ2n) is 16.7. The first-order valence-electron chi connectivity index (χ1n) is 21.7. The summed E-state index contributed by atoms with van der Waals surface area (Å²) in [4.78, 5) is 15.6. The lowest BCUT2D eigenvalue weighted by Gasteiger charge is -2.41. The highest BCUT2D eigenvalue weighted by molar-refractivity contribution is 8.02. The third-order valence-electron chi connectivity index (χ3n) is 13.3. The van der Waals surface area contributed by atoms with Crippen molar-refractivity contribution < 1.29 is 0 Å². The van der Waals surface area contributed by atoms with E-state index >= 15 is 0 Å². The fourth-order valence-electron chi connectivity index (χ4n) is 10.3. The van der Waals surface area contributed by atoms with Crippen molar-refractivity contribution in [2.45, 2.75) is 61.8 Å². The maximum atomic E-state index is 5.35. The van der Waals surface area contributed by atoms with E-state index in [1.807, 2.05) is 18.0 Å². The number of aromatic nitrogens is 1. The summed E-state index contributed by atoms with van der Waals surface area (Å²) in [5, 5.41) is 6.13. The number of thioether (sulfide) groups is 1. The molecule has 3 aromatic rings. The normalized spacial score (nSPS) is 27.6. The van der Waals surface area contributed by atoms with Gasteiger partial charge < -0.3 is 5.32 Å². The van der Waals surface area contributed by atoms with E-state index in [0.717, 1.165) is 73.5 Å². The van der Waals surface area contributed by atoms with Crippen LogP contribution in [0.2, 0.25) is 0 Å². The molecule has 1 aromatic heterocycles. The van der Waals surface area contributed by atoms with E-state index < -0.39 is 0 Å². The Hall–Kier alpha value is -6.04. The topological polar surface area (TPSA) is 49.6 Å². The van der Waals surface area contributed by atoms with Gasteiger partial charge in [0.25, 0.3) is 0 Å². The van der Waals surface area contributed by atoms with Crippen molar-refractivity contribution in [2.75, 3.05) is 0 Å². The molecule has 4 unspecified atom stereocenters. The summed E-state index contributed by atoms with van der Waals surface area (Å²) in [5.41, 5.74) is 14.9. The summed E-state index contributed by atoms with van der Waals surface area (Å²) < 4.78 is 0. The molecular weight excluding hydrogens is 749 g/mol. The molecule has 0 radical (unpaired) electrons. The molecule has 11 rings (SSSR count). The number of hydrogen-bond acceptors (Lipinski definition) is 5. The van der Waals surface area contributed by atoms with Gasteiger partial charge in [0.15, 0.2) is 6.17 Å². The van der Waals surface area contributed by atoms with Crippen molar-refractivity contribution in [2.24, 2.45) is 21.8 Å².